The molecule has 2 aromatic rings. The Labute approximate surface area is 93.9 Å². The van der Waals surface area contributed by atoms with Gasteiger partial charge in [-0.3, -0.25) is 0 Å². The van der Waals surface area contributed by atoms with Gasteiger partial charge in [-0.05, 0) is 12.5 Å². The molecule has 2 unspecified atom stereocenters. The maximum atomic E-state index is 10.1. The van der Waals surface area contributed by atoms with Crippen LogP contribution in [0, 0.1) is 17.2 Å². The van der Waals surface area contributed by atoms with E-state index in [0.29, 0.717) is 12.0 Å². The van der Waals surface area contributed by atoms with Crippen molar-refractivity contribution in [2.24, 2.45) is 5.92 Å². The zero-order valence-corrected chi connectivity index (χ0v) is 9.05. The monoisotopic (exact) mass is 215 g/mol. The van der Waals surface area contributed by atoms with Crippen LogP contribution >= 0.6 is 0 Å². The second kappa shape index (κ2) is 4.38. The van der Waals surface area contributed by atoms with Gasteiger partial charge in [-0.2, -0.15) is 5.26 Å². The molecule has 16 heavy (non-hydrogen) atoms. The first kappa shape index (κ1) is 10.7. The third kappa shape index (κ3) is 1.68. The molecule has 0 saturated heterocycles. The first-order valence-corrected chi connectivity index (χ1v) is 5.31. The fourth-order valence-electron chi connectivity index (χ4n) is 1.83. The standard InChI is InChI=1S/C13H13NO2/c1-2-9(7-14)13(15)11-8-16-12-6-4-3-5-10(11)12/h3-6,8-9,13,15H,2H2,1H3. The first-order valence-electron chi connectivity index (χ1n) is 5.31. The van der Waals surface area contributed by atoms with Crippen molar-refractivity contribution in [2.75, 3.05) is 0 Å². The molecular weight excluding hydrogens is 202 g/mol. The molecule has 0 bridgehead atoms. The van der Waals surface area contributed by atoms with E-state index in [2.05, 4.69) is 6.07 Å². The van der Waals surface area contributed by atoms with E-state index in [-0.39, 0.29) is 5.92 Å². The minimum absolute atomic E-state index is 0.388. The summed E-state index contributed by atoms with van der Waals surface area (Å²) in [7, 11) is 0. The summed E-state index contributed by atoms with van der Waals surface area (Å²) in [5.41, 5.74) is 1.44. The van der Waals surface area contributed by atoms with E-state index in [1.54, 1.807) is 0 Å². The molecule has 0 fully saturated rings. The third-order valence-electron chi connectivity index (χ3n) is 2.82. The summed E-state index contributed by atoms with van der Waals surface area (Å²) in [5.74, 6) is -0.388. The van der Waals surface area contributed by atoms with Crippen LogP contribution in [0.1, 0.15) is 25.0 Å². The molecule has 3 nitrogen and oxygen atoms in total. The van der Waals surface area contributed by atoms with Crippen LogP contribution in [-0.2, 0) is 0 Å². The largest absolute Gasteiger partial charge is 0.464 e. The van der Waals surface area contributed by atoms with E-state index in [9.17, 15) is 5.11 Å². The van der Waals surface area contributed by atoms with E-state index < -0.39 is 6.10 Å². The van der Waals surface area contributed by atoms with Gasteiger partial charge in [0, 0.05) is 10.9 Å². The smallest absolute Gasteiger partial charge is 0.134 e. The molecule has 2 atom stereocenters. The number of rotatable bonds is 3. The molecule has 1 N–H and O–H groups in total. The molecule has 0 amide bonds. The lowest BCUT2D eigenvalue weighted by Gasteiger charge is -2.13. The molecule has 1 aromatic carbocycles. The molecule has 0 spiro atoms. The van der Waals surface area contributed by atoms with Crippen LogP contribution in [0.25, 0.3) is 11.0 Å². The van der Waals surface area contributed by atoms with Crippen molar-refractivity contribution in [3.05, 3.63) is 36.1 Å². The fraction of sp³-hybridized carbons (Fsp3) is 0.308. The second-order valence-corrected chi connectivity index (χ2v) is 3.78. The quantitative estimate of drug-likeness (QED) is 0.856. The van der Waals surface area contributed by atoms with Crippen LogP contribution in [0.2, 0.25) is 0 Å². The maximum absolute atomic E-state index is 10.1. The maximum Gasteiger partial charge on any atom is 0.134 e. The Bertz CT molecular complexity index is 524. The van der Waals surface area contributed by atoms with E-state index in [1.807, 2.05) is 31.2 Å². The predicted octanol–water partition coefficient (Wildman–Crippen LogP) is 3.02. The molecule has 82 valence electrons. The zero-order valence-electron chi connectivity index (χ0n) is 9.05. The van der Waals surface area contributed by atoms with Crippen LogP contribution in [0.4, 0.5) is 0 Å². The van der Waals surface area contributed by atoms with Gasteiger partial charge in [0.1, 0.15) is 5.58 Å². The van der Waals surface area contributed by atoms with Gasteiger partial charge in [-0.15, -0.1) is 0 Å². The van der Waals surface area contributed by atoms with Gasteiger partial charge in [0.2, 0.25) is 0 Å². The molecule has 3 heteroatoms. The number of furan rings is 1. The van der Waals surface area contributed by atoms with Crippen molar-refractivity contribution in [1.82, 2.24) is 0 Å². The summed E-state index contributed by atoms with van der Waals surface area (Å²) in [6.07, 6.45) is 1.38. The van der Waals surface area contributed by atoms with E-state index in [4.69, 9.17) is 9.68 Å². The Morgan fingerprint density at radius 2 is 2.19 bits per heavy atom. The molecule has 0 radical (unpaired) electrons. The van der Waals surface area contributed by atoms with E-state index >= 15 is 0 Å². The Morgan fingerprint density at radius 1 is 1.44 bits per heavy atom. The molecule has 0 saturated carbocycles. The van der Waals surface area contributed by atoms with E-state index in [0.717, 1.165) is 11.0 Å². The number of aliphatic hydroxyl groups excluding tert-OH is 1. The van der Waals surface area contributed by atoms with Crippen molar-refractivity contribution in [1.29, 1.82) is 5.26 Å². The van der Waals surface area contributed by atoms with Crippen LogP contribution in [0.15, 0.2) is 34.9 Å². The minimum Gasteiger partial charge on any atom is -0.464 e. The second-order valence-electron chi connectivity index (χ2n) is 3.78. The summed E-state index contributed by atoms with van der Waals surface area (Å²) in [6.45, 7) is 1.89. The SMILES string of the molecule is CCC(C#N)C(O)c1coc2ccccc12. The summed E-state index contributed by atoms with van der Waals surface area (Å²) < 4.78 is 5.34. The van der Waals surface area contributed by atoms with E-state index in [1.165, 1.54) is 6.26 Å². The lowest BCUT2D eigenvalue weighted by Crippen LogP contribution is -2.09. The summed E-state index contributed by atoms with van der Waals surface area (Å²) in [4.78, 5) is 0. The molecule has 0 aliphatic heterocycles. The number of hydrogen-bond donors (Lipinski definition) is 1. The number of nitrogens with zero attached hydrogens (tertiary/aromatic N) is 1. The highest BCUT2D eigenvalue weighted by Crippen LogP contribution is 2.31. The Kier molecular flexibility index (Phi) is 2.93. The summed E-state index contributed by atoms with van der Waals surface area (Å²) in [6, 6.07) is 9.62. The summed E-state index contributed by atoms with van der Waals surface area (Å²) >= 11 is 0. The highest BCUT2D eigenvalue weighted by molar-refractivity contribution is 5.81. The van der Waals surface area contributed by atoms with Gasteiger partial charge in [0.15, 0.2) is 0 Å². The predicted molar refractivity (Wildman–Crippen MR) is 60.6 cm³/mol. The van der Waals surface area contributed by atoms with Crippen LogP contribution < -0.4 is 0 Å². The number of aliphatic hydroxyl groups is 1. The highest BCUT2D eigenvalue weighted by atomic mass is 16.3. The molecule has 1 heterocycles. The first-order chi connectivity index (χ1) is 7.77. The number of fused-ring (bicyclic) bond motifs is 1. The van der Waals surface area contributed by atoms with Crippen molar-refractivity contribution >= 4 is 11.0 Å². The number of nitriles is 1. The Balaban J connectivity index is 2.44. The van der Waals surface area contributed by atoms with Gasteiger partial charge >= 0.3 is 0 Å². The number of benzene rings is 1. The number of para-hydroxylation sites is 1. The molecular formula is C13H13NO2. The lowest BCUT2D eigenvalue weighted by molar-refractivity contribution is 0.133. The Morgan fingerprint density at radius 3 is 2.88 bits per heavy atom. The van der Waals surface area contributed by atoms with Crippen molar-refractivity contribution in [3.8, 4) is 6.07 Å². The molecule has 2 rings (SSSR count). The van der Waals surface area contributed by atoms with Gasteiger partial charge in [0.25, 0.3) is 0 Å². The van der Waals surface area contributed by atoms with Crippen LogP contribution in [0.3, 0.4) is 0 Å². The van der Waals surface area contributed by atoms with Gasteiger partial charge in [-0.1, -0.05) is 25.1 Å². The average Bonchev–Trinajstić information content (AvgIpc) is 2.74. The highest BCUT2D eigenvalue weighted by Gasteiger charge is 2.22. The van der Waals surface area contributed by atoms with Crippen LogP contribution in [0.5, 0.6) is 0 Å². The summed E-state index contributed by atoms with van der Waals surface area (Å²) in [5, 5.41) is 19.9. The fourth-order valence-corrected chi connectivity index (χ4v) is 1.83. The topological polar surface area (TPSA) is 57.2 Å². The molecule has 1 aromatic heterocycles. The minimum atomic E-state index is -0.779. The van der Waals surface area contributed by atoms with Crippen molar-refractivity contribution in [2.45, 2.75) is 19.4 Å². The number of hydrogen-bond acceptors (Lipinski definition) is 3. The van der Waals surface area contributed by atoms with Gasteiger partial charge in [0.05, 0.1) is 24.4 Å². The van der Waals surface area contributed by atoms with Gasteiger partial charge < -0.3 is 9.52 Å². The van der Waals surface area contributed by atoms with Gasteiger partial charge in [-0.25, -0.2) is 0 Å². The Hall–Kier alpha value is -1.79. The molecule has 0 aliphatic rings. The third-order valence-corrected chi connectivity index (χ3v) is 2.82. The van der Waals surface area contributed by atoms with Crippen molar-refractivity contribution < 1.29 is 9.52 Å². The molecule has 0 aliphatic carbocycles. The average molecular weight is 215 g/mol. The van der Waals surface area contributed by atoms with Crippen molar-refractivity contribution in [3.63, 3.8) is 0 Å². The van der Waals surface area contributed by atoms with Crippen LogP contribution in [-0.4, -0.2) is 5.11 Å². The normalized spacial score (nSPS) is 14.6. The zero-order chi connectivity index (χ0) is 11.5. The lowest BCUT2D eigenvalue weighted by atomic mass is 9.94.